The monoisotopic (exact) mass is 365 g/mol. The molecule has 1 N–H and O–H groups in total. The van der Waals surface area contributed by atoms with Gasteiger partial charge in [-0.3, -0.25) is 14.5 Å². The quantitative estimate of drug-likeness (QED) is 0.230. The molecule has 1 fully saturated rings. The molecule has 1 aliphatic rings. The van der Waals surface area contributed by atoms with Gasteiger partial charge in [0, 0.05) is 26.5 Å². The molecule has 0 aromatic carbocycles. The maximum Gasteiger partial charge on any atom is 0.329 e. The summed E-state index contributed by atoms with van der Waals surface area (Å²) in [5.41, 5.74) is 0. The molecule has 0 aliphatic carbocycles. The number of unbranched alkanes of at least 4 members (excludes halogenated alkanes) is 3. The van der Waals surface area contributed by atoms with E-state index in [-0.39, 0.29) is 36.5 Å². The minimum atomic E-state index is -1.73. The largest absolute Gasteiger partial charge is 0.329 e. The van der Waals surface area contributed by atoms with Crippen molar-refractivity contribution in [2.75, 3.05) is 26.0 Å². The number of aldehydes is 1. The second-order valence-corrected chi connectivity index (χ2v) is 7.48. The number of carbonyl (C=O) groups is 3. The van der Waals surface area contributed by atoms with Crippen molar-refractivity contribution in [2.24, 2.45) is 0 Å². The van der Waals surface area contributed by atoms with Crippen LogP contribution in [0.1, 0.15) is 38.5 Å². The van der Waals surface area contributed by atoms with Gasteiger partial charge in [-0.1, -0.05) is 12.8 Å². The zero-order valence-electron chi connectivity index (χ0n) is 13.3. The summed E-state index contributed by atoms with van der Waals surface area (Å²) in [7, 11) is -0.330. The van der Waals surface area contributed by atoms with Crippen LogP contribution < -0.4 is 0 Å². The van der Waals surface area contributed by atoms with Crippen LogP contribution in [0.25, 0.3) is 0 Å². The zero-order valence-corrected chi connectivity index (χ0v) is 15.0. The van der Waals surface area contributed by atoms with E-state index in [1.165, 1.54) is 23.8 Å². The average Bonchev–Trinajstić information content (AvgIpc) is 2.81. The number of hydrogen-bond acceptors (Lipinski definition) is 7. The molecule has 2 unspecified atom stereocenters. The van der Waals surface area contributed by atoms with Crippen LogP contribution in [-0.4, -0.2) is 59.2 Å². The molecule has 9 heteroatoms. The molecule has 23 heavy (non-hydrogen) atoms. The van der Waals surface area contributed by atoms with Gasteiger partial charge in [-0.25, -0.2) is 0 Å². The van der Waals surface area contributed by atoms with Crippen molar-refractivity contribution in [3.63, 3.8) is 0 Å². The first-order valence-corrected chi connectivity index (χ1v) is 9.83. The van der Waals surface area contributed by atoms with Gasteiger partial charge in [-0.15, -0.1) is 11.8 Å². The molecule has 0 aromatic rings. The molecule has 0 spiro atoms. The third-order valence-corrected chi connectivity index (χ3v) is 5.40. The molecule has 132 valence electrons. The summed E-state index contributed by atoms with van der Waals surface area (Å²) in [4.78, 5) is 44.4. The van der Waals surface area contributed by atoms with Crippen LogP contribution in [-0.2, 0) is 23.4 Å². The Kier molecular flexibility index (Phi) is 10.6. The smallest absolute Gasteiger partial charge is 0.328 e. The van der Waals surface area contributed by atoms with Gasteiger partial charge in [0.05, 0.1) is 11.9 Å². The molecule has 1 saturated heterocycles. The van der Waals surface area contributed by atoms with Crippen LogP contribution in [0, 0.1) is 0 Å². The van der Waals surface area contributed by atoms with E-state index in [0.717, 1.165) is 37.7 Å². The number of likely N-dealkylation sites (tertiary alicyclic amines) is 1. The number of imide groups is 1. The van der Waals surface area contributed by atoms with Gasteiger partial charge in [0.25, 0.3) is 0 Å². The van der Waals surface area contributed by atoms with E-state index in [1.54, 1.807) is 0 Å². The second-order valence-electron chi connectivity index (χ2n) is 5.07. The maximum atomic E-state index is 12.0. The molecular formula is C14H24NO6PS. The minimum absolute atomic E-state index is 0.161. The number of rotatable bonds is 13. The summed E-state index contributed by atoms with van der Waals surface area (Å²) in [6.45, 7) is 0.678. The van der Waals surface area contributed by atoms with E-state index >= 15 is 0 Å². The Morgan fingerprint density at radius 2 is 2.09 bits per heavy atom. The van der Waals surface area contributed by atoms with Gasteiger partial charge in [0.15, 0.2) is 0 Å². The van der Waals surface area contributed by atoms with Crippen LogP contribution in [0.15, 0.2) is 0 Å². The topological polar surface area (TPSA) is 93.1 Å². The molecule has 2 atom stereocenters. The summed E-state index contributed by atoms with van der Waals surface area (Å²) in [5.74, 6) is 0.493. The first-order valence-electron chi connectivity index (χ1n) is 7.65. The lowest BCUT2D eigenvalue weighted by molar-refractivity contribution is -0.138. The summed E-state index contributed by atoms with van der Waals surface area (Å²) in [5, 5.41) is -0.294. The number of amides is 2. The predicted octanol–water partition coefficient (Wildman–Crippen LogP) is 1.88. The zero-order chi connectivity index (χ0) is 17.1. The fraction of sp³-hybridized carbons (Fsp3) is 0.786. The molecule has 2 amide bonds. The molecule has 1 rings (SSSR count). The van der Waals surface area contributed by atoms with E-state index in [0.29, 0.717) is 6.61 Å². The molecule has 1 aliphatic heterocycles. The van der Waals surface area contributed by atoms with Crippen molar-refractivity contribution in [3.8, 4) is 0 Å². The van der Waals surface area contributed by atoms with Crippen molar-refractivity contribution in [1.29, 1.82) is 0 Å². The van der Waals surface area contributed by atoms with Crippen LogP contribution in [0.5, 0.6) is 0 Å². The molecule has 1 heterocycles. The van der Waals surface area contributed by atoms with E-state index in [9.17, 15) is 14.4 Å². The van der Waals surface area contributed by atoms with Gasteiger partial charge >= 0.3 is 8.60 Å². The third kappa shape index (κ3) is 7.72. The van der Waals surface area contributed by atoms with Gasteiger partial charge in [-0.05, 0) is 18.6 Å². The van der Waals surface area contributed by atoms with Crippen LogP contribution in [0.3, 0.4) is 0 Å². The summed E-state index contributed by atoms with van der Waals surface area (Å²) >= 11 is 1.52. The van der Waals surface area contributed by atoms with Gasteiger partial charge in [-0.2, -0.15) is 0 Å². The Balaban J connectivity index is 2.06. The molecule has 7 nitrogen and oxygen atoms in total. The van der Waals surface area contributed by atoms with Gasteiger partial charge in [0.2, 0.25) is 11.8 Å². The normalized spacial score (nSPS) is 19.4. The Labute approximate surface area is 142 Å². The Bertz CT molecular complexity index is 397. The highest BCUT2D eigenvalue weighted by Crippen LogP contribution is 2.31. The lowest BCUT2D eigenvalue weighted by Gasteiger charge is -2.12. The highest BCUT2D eigenvalue weighted by Gasteiger charge is 2.38. The molecule has 0 bridgehead atoms. The Morgan fingerprint density at radius 3 is 2.78 bits per heavy atom. The number of nitrogens with zero attached hydrogens (tertiary/aromatic N) is 1. The van der Waals surface area contributed by atoms with E-state index in [1.807, 2.05) is 0 Å². The SMILES string of the molecule is COP(O)OCCCCCCSC1CC(=O)N(CCC=O)C1=O. The van der Waals surface area contributed by atoms with E-state index in [2.05, 4.69) is 4.52 Å². The highest BCUT2D eigenvalue weighted by atomic mass is 32.2. The standard InChI is InChI=1S/C14H24NO6PS/c1-20-22(19)21-9-4-2-3-5-10-23-12-11-13(17)15(14(12)18)7-6-8-16/h8,12,19H,2-7,9-11H2,1H3. The first kappa shape index (κ1) is 20.5. The number of thioether (sulfide) groups is 1. The highest BCUT2D eigenvalue weighted by molar-refractivity contribution is 8.00. The molecule has 0 saturated carbocycles. The van der Waals surface area contributed by atoms with Crippen molar-refractivity contribution >= 4 is 38.5 Å². The summed E-state index contributed by atoms with van der Waals surface area (Å²) in [6, 6.07) is 0. The minimum Gasteiger partial charge on any atom is -0.328 e. The molecule has 0 aromatic heterocycles. The third-order valence-electron chi connectivity index (χ3n) is 3.39. The second kappa shape index (κ2) is 11.9. The fourth-order valence-electron chi connectivity index (χ4n) is 2.18. The maximum absolute atomic E-state index is 12.0. The van der Waals surface area contributed by atoms with Crippen molar-refractivity contribution < 1.29 is 28.3 Å². The Morgan fingerprint density at radius 1 is 1.35 bits per heavy atom. The summed E-state index contributed by atoms with van der Waals surface area (Å²) in [6.07, 6.45) is 4.98. The van der Waals surface area contributed by atoms with E-state index < -0.39 is 8.60 Å². The number of carbonyl (C=O) groups excluding carboxylic acids is 3. The van der Waals surface area contributed by atoms with Crippen LogP contribution in [0.2, 0.25) is 0 Å². The number of hydrogen-bond donors (Lipinski definition) is 1. The first-order chi connectivity index (χ1) is 11.1. The summed E-state index contributed by atoms with van der Waals surface area (Å²) < 4.78 is 9.65. The van der Waals surface area contributed by atoms with Crippen molar-refractivity contribution in [1.82, 2.24) is 4.90 Å². The molecule has 0 radical (unpaired) electrons. The Hall–Kier alpha value is -0.530. The fourth-order valence-corrected chi connectivity index (χ4v) is 3.75. The van der Waals surface area contributed by atoms with E-state index in [4.69, 9.17) is 9.42 Å². The lowest BCUT2D eigenvalue weighted by atomic mass is 10.2. The lowest BCUT2D eigenvalue weighted by Crippen LogP contribution is -2.32. The van der Waals surface area contributed by atoms with Gasteiger partial charge in [0.1, 0.15) is 6.29 Å². The molecular weight excluding hydrogens is 341 g/mol. The van der Waals surface area contributed by atoms with Crippen LogP contribution >= 0.6 is 20.4 Å². The average molecular weight is 365 g/mol. The van der Waals surface area contributed by atoms with Crippen LogP contribution in [0.4, 0.5) is 0 Å². The van der Waals surface area contributed by atoms with Crippen molar-refractivity contribution in [3.05, 3.63) is 0 Å². The predicted molar refractivity (Wildman–Crippen MR) is 88.8 cm³/mol. The van der Waals surface area contributed by atoms with Crippen molar-refractivity contribution in [2.45, 2.75) is 43.8 Å². The van der Waals surface area contributed by atoms with Gasteiger partial charge < -0.3 is 18.7 Å².